The Morgan fingerprint density at radius 2 is 2.12 bits per heavy atom. The molecule has 0 unspecified atom stereocenters. The van der Waals surface area contributed by atoms with Crippen LogP contribution in [0.1, 0.15) is 28.9 Å². The maximum absolute atomic E-state index is 12.0. The van der Waals surface area contributed by atoms with Gasteiger partial charge in [-0.05, 0) is 36.8 Å². The number of carbonyl (C=O) groups is 2. The van der Waals surface area contributed by atoms with Gasteiger partial charge in [-0.15, -0.1) is 0 Å². The molecule has 1 N–H and O–H groups in total. The molecule has 7 nitrogen and oxygen atoms in total. The second kappa shape index (κ2) is 7.40. The number of halogens is 1. The van der Waals surface area contributed by atoms with Crippen molar-refractivity contribution in [2.75, 3.05) is 13.4 Å². The first kappa shape index (κ1) is 17.0. The zero-order valence-corrected chi connectivity index (χ0v) is 14.1. The predicted molar refractivity (Wildman–Crippen MR) is 88.7 cm³/mol. The Morgan fingerprint density at radius 3 is 2.92 bits per heavy atom. The van der Waals surface area contributed by atoms with E-state index in [0.717, 1.165) is 5.56 Å². The molecule has 8 heteroatoms. The van der Waals surface area contributed by atoms with Crippen LogP contribution in [0.25, 0.3) is 0 Å². The minimum Gasteiger partial charge on any atom is -0.454 e. The molecule has 1 aliphatic heterocycles. The first-order chi connectivity index (χ1) is 12.0. The fourth-order valence-electron chi connectivity index (χ4n) is 2.30. The molecule has 0 bridgehead atoms. The summed E-state index contributed by atoms with van der Waals surface area (Å²) in [6, 6.07) is 8.16. The molecule has 0 fully saturated rings. The molecule has 2 aromatic rings. The van der Waals surface area contributed by atoms with Crippen LogP contribution >= 0.6 is 11.6 Å². The molecule has 130 valence electrons. The number of fused-ring (bicyclic) bond motifs is 1. The highest BCUT2D eigenvalue weighted by atomic mass is 35.5. The summed E-state index contributed by atoms with van der Waals surface area (Å²) in [5, 5.41) is 2.78. The van der Waals surface area contributed by atoms with E-state index >= 15 is 0 Å². The van der Waals surface area contributed by atoms with Crippen molar-refractivity contribution in [1.82, 2.24) is 10.3 Å². The van der Waals surface area contributed by atoms with Crippen molar-refractivity contribution in [2.24, 2.45) is 0 Å². The molecule has 1 aromatic carbocycles. The van der Waals surface area contributed by atoms with Crippen molar-refractivity contribution in [1.29, 1.82) is 0 Å². The quantitative estimate of drug-likeness (QED) is 0.649. The van der Waals surface area contributed by atoms with Crippen LogP contribution in [0, 0.1) is 0 Å². The largest absolute Gasteiger partial charge is 0.454 e. The number of ether oxygens (including phenoxy) is 3. The molecule has 0 saturated carbocycles. The third-order valence-corrected chi connectivity index (χ3v) is 3.89. The molecule has 25 heavy (non-hydrogen) atoms. The van der Waals surface area contributed by atoms with E-state index in [-0.39, 0.29) is 23.6 Å². The van der Waals surface area contributed by atoms with Gasteiger partial charge in [-0.1, -0.05) is 17.7 Å². The number of rotatable bonds is 5. The fourth-order valence-corrected chi connectivity index (χ4v) is 2.49. The molecule has 0 radical (unpaired) electrons. The van der Waals surface area contributed by atoms with Crippen molar-refractivity contribution in [3.05, 3.63) is 52.8 Å². The van der Waals surface area contributed by atoms with Gasteiger partial charge in [0, 0.05) is 6.20 Å². The number of hydrogen-bond acceptors (Lipinski definition) is 6. The second-order valence-electron chi connectivity index (χ2n) is 5.32. The van der Waals surface area contributed by atoms with Crippen LogP contribution in [0.15, 0.2) is 36.5 Å². The van der Waals surface area contributed by atoms with E-state index in [0.29, 0.717) is 11.5 Å². The average Bonchev–Trinajstić information content (AvgIpc) is 3.07. The maximum Gasteiger partial charge on any atom is 0.341 e. The SMILES string of the molecule is C[C@H](NC(=O)COC(=O)c1cccnc1Cl)c1ccc2c(c1)OCO2. The van der Waals surface area contributed by atoms with Crippen molar-refractivity contribution in [3.8, 4) is 11.5 Å². The highest BCUT2D eigenvalue weighted by Gasteiger charge is 2.18. The molecule has 1 aromatic heterocycles. The van der Waals surface area contributed by atoms with E-state index < -0.39 is 18.5 Å². The van der Waals surface area contributed by atoms with Crippen molar-refractivity contribution in [3.63, 3.8) is 0 Å². The molecular formula is C17H15ClN2O5. The van der Waals surface area contributed by atoms with Crippen molar-refractivity contribution in [2.45, 2.75) is 13.0 Å². The molecule has 0 spiro atoms. The molecule has 2 heterocycles. The Hall–Kier alpha value is -2.80. The summed E-state index contributed by atoms with van der Waals surface area (Å²) in [5.41, 5.74) is 0.958. The summed E-state index contributed by atoms with van der Waals surface area (Å²) < 4.78 is 15.5. The lowest BCUT2D eigenvalue weighted by atomic mass is 10.1. The number of hydrogen-bond donors (Lipinski definition) is 1. The standard InChI is InChI=1S/C17H15ClN2O5/c1-10(11-4-5-13-14(7-11)25-9-24-13)20-15(21)8-23-17(22)12-3-2-6-19-16(12)18/h2-7,10H,8-9H2,1H3,(H,20,21)/t10-/m0/s1. The van der Waals surface area contributed by atoms with Gasteiger partial charge in [0.1, 0.15) is 5.15 Å². The number of benzene rings is 1. The number of nitrogens with one attached hydrogen (secondary N) is 1. The fraction of sp³-hybridized carbons (Fsp3) is 0.235. The number of esters is 1. The maximum atomic E-state index is 12.0. The molecular weight excluding hydrogens is 348 g/mol. The average molecular weight is 363 g/mol. The number of amides is 1. The van der Waals surface area contributed by atoms with Crippen LogP contribution in [0.4, 0.5) is 0 Å². The Morgan fingerprint density at radius 1 is 1.32 bits per heavy atom. The van der Waals surface area contributed by atoms with Crippen LogP contribution in [-0.2, 0) is 9.53 Å². The molecule has 0 saturated heterocycles. The van der Waals surface area contributed by atoms with E-state index in [1.165, 1.54) is 12.3 Å². The minimum absolute atomic E-state index is 0.0293. The van der Waals surface area contributed by atoms with Gasteiger partial charge in [0.15, 0.2) is 18.1 Å². The van der Waals surface area contributed by atoms with Gasteiger partial charge in [0.25, 0.3) is 5.91 Å². The number of carbonyl (C=O) groups excluding carboxylic acids is 2. The number of aromatic nitrogens is 1. The topological polar surface area (TPSA) is 86.8 Å². The van der Waals surface area contributed by atoms with Gasteiger partial charge in [-0.3, -0.25) is 4.79 Å². The summed E-state index contributed by atoms with van der Waals surface area (Å²) >= 11 is 5.81. The van der Waals surface area contributed by atoms with E-state index in [1.807, 2.05) is 13.0 Å². The van der Waals surface area contributed by atoms with E-state index in [2.05, 4.69) is 10.3 Å². The molecule has 3 rings (SSSR count). The smallest absolute Gasteiger partial charge is 0.341 e. The summed E-state index contributed by atoms with van der Waals surface area (Å²) in [6.45, 7) is 1.58. The first-order valence-corrected chi connectivity index (χ1v) is 7.89. The zero-order chi connectivity index (χ0) is 17.8. The molecule has 0 aliphatic carbocycles. The van der Waals surface area contributed by atoms with Crippen molar-refractivity contribution >= 4 is 23.5 Å². The van der Waals surface area contributed by atoms with Gasteiger partial charge in [0.2, 0.25) is 6.79 Å². The number of pyridine rings is 1. The van der Waals surface area contributed by atoms with Gasteiger partial charge in [0.05, 0.1) is 11.6 Å². The highest BCUT2D eigenvalue weighted by molar-refractivity contribution is 6.32. The van der Waals surface area contributed by atoms with Gasteiger partial charge >= 0.3 is 5.97 Å². The first-order valence-electron chi connectivity index (χ1n) is 7.51. The van der Waals surface area contributed by atoms with Crippen LogP contribution in [0.2, 0.25) is 5.15 Å². The summed E-state index contributed by atoms with van der Waals surface area (Å²) in [5.74, 6) is 0.170. The lowest BCUT2D eigenvalue weighted by Crippen LogP contribution is -2.31. The highest BCUT2D eigenvalue weighted by Crippen LogP contribution is 2.34. The summed E-state index contributed by atoms with van der Waals surface area (Å²) in [6.07, 6.45) is 1.46. The van der Waals surface area contributed by atoms with E-state index in [1.54, 1.807) is 18.2 Å². The van der Waals surface area contributed by atoms with Gasteiger partial charge < -0.3 is 19.5 Å². The molecule has 1 atom stereocenters. The van der Waals surface area contributed by atoms with Crippen LogP contribution in [0.3, 0.4) is 0 Å². The predicted octanol–water partition coefficient (Wildman–Crippen LogP) is 2.50. The third-order valence-electron chi connectivity index (χ3n) is 3.59. The molecule has 1 aliphatic rings. The summed E-state index contributed by atoms with van der Waals surface area (Å²) in [4.78, 5) is 27.7. The van der Waals surface area contributed by atoms with Gasteiger partial charge in [-0.25, -0.2) is 9.78 Å². The lowest BCUT2D eigenvalue weighted by Gasteiger charge is -2.15. The Kier molecular flexibility index (Phi) is 5.04. The van der Waals surface area contributed by atoms with Crippen LogP contribution in [0.5, 0.6) is 11.5 Å². The monoisotopic (exact) mass is 362 g/mol. The normalized spacial score (nSPS) is 13.2. The molecule has 1 amide bonds. The number of nitrogens with zero attached hydrogens (tertiary/aromatic N) is 1. The van der Waals surface area contributed by atoms with Gasteiger partial charge in [-0.2, -0.15) is 0 Å². The summed E-state index contributed by atoms with van der Waals surface area (Å²) in [7, 11) is 0. The van der Waals surface area contributed by atoms with E-state index in [4.69, 9.17) is 25.8 Å². The zero-order valence-electron chi connectivity index (χ0n) is 13.3. The van der Waals surface area contributed by atoms with E-state index in [9.17, 15) is 9.59 Å². The Labute approximate surface area is 148 Å². The van der Waals surface area contributed by atoms with Crippen LogP contribution < -0.4 is 14.8 Å². The Bertz CT molecular complexity index is 811. The van der Waals surface area contributed by atoms with Crippen molar-refractivity contribution < 1.29 is 23.8 Å². The Balaban J connectivity index is 1.54. The van der Waals surface area contributed by atoms with Crippen LogP contribution in [-0.4, -0.2) is 30.3 Å². The minimum atomic E-state index is -0.705. The second-order valence-corrected chi connectivity index (χ2v) is 5.68. The third kappa shape index (κ3) is 4.00. The lowest BCUT2D eigenvalue weighted by molar-refractivity contribution is -0.124.